The Bertz CT molecular complexity index is 459. The van der Waals surface area contributed by atoms with Crippen molar-refractivity contribution >= 4 is 9.84 Å². The predicted octanol–water partition coefficient (Wildman–Crippen LogP) is 0.754. The molecule has 1 aromatic carbocycles. The maximum Gasteiger partial charge on any atom is 0.154 e. The van der Waals surface area contributed by atoms with E-state index in [1.54, 1.807) is 0 Å². The van der Waals surface area contributed by atoms with Gasteiger partial charge in [0.2, 0.25) is 0 Å². The van der Waals surface area contributed by atoms with Crippen LogP contribution in [-0.2, 0) is 16.3 Å². The van der Waals surface area contributed by atoms with Crippen molar-refractivity contribution < 1.29 is 13.2 Å². The molecule has 0 fully saturated rings. The summed E-state index contributed by atoms with van der Waals surface area (Å²) in [4.78, 5) is 0. The topological polar surface area (TPSA) is 69.4 Å². The summed E-state index contributed by atoms with van der Waals surface area (Å²) in [7, 11) is -3.05. The van der Waals surface area contributed by atoms with E-state index in [9.17, 15) is 8.42 Å². The van der Waals surface area contributed by atoms with Gasteiger partial charge in [-0.3, -0.25) is 0 Å². The minimum atomic E-state index is -3.05. The van der Waals surface area contributed by atoms with Crippen LogP contribution in [0.5, 0.6) is 5.75 Å². The maximum atomic E-state index is 11.8. The minimum absolute atomic E-state index is 0.0850. The van der Waals surface area contributed by atoms with Gasteiger partial charge in [0.15, 0.2) is 9.84 Å². The van der Waals surface area contributed by atoms with E-state index in [0.29, 0.717) is 19.4 Å². The van der Waals surface area contributed by atoms with E-state index in [0.717, 1.165) is 11.3 Å². The first-order valence-corrected chi connectivity index (χ1v) is 7.58. The number of ether oxygens (including phenoxy) is 1. The van der Waals surface area contributed by atoms with Gasteiger partial charge in [0.05, 0.1) is 11.5 Å². The first-order chi connectivity index (χ1) is 8.11. The fourth-order valence-electron chi connectivity index (χ4n) is 2.02. The molecule has 2 rings (SSSR count). The molecule has 2 N–H and O–H groups in total. The Morgan fingerprint density at radius 2 is 2.12 bits per heavy atom. The summed E-state index contributed by atoms with van der Waals surface area (Å²) in [5.41, 5.74) is 6.41. The molecular weight excluding hydrogens is 238 g/mol. The molecule has 0 saturated heterocycles. The fourth-order valence-corrected chi connectivity index (χ4v) is 3.54. The van der Waals surface area contributed by atoms with Crippen molar-refractivity contribution in [2.24, 2.45) is 5.73 Å². The summed E-state index contributed by atoms with van der Waals surface area (Å²) >= 11 is 0. The molecule has 0 bridgehead atoms. The molecule has 1 atom stereocenters. The Morgan fingerprint density at radius 3 is 2.82 bits per heavy atom. The zero-order valence-electron chi connectivity index (χ0n) is 9.63. The van der Waals surface area contributed by atoms with Crippen LogP contribution in [0.1, 0.15) is 12.0 Å². The first-order valence-electron chi connectivity index (χ1n) is 5.76. The van der Waals surface area contributed by atoms with Crippen molar-refractivity contribution in [3.63, 3.8) is 0 Å². The van der Waals surface area contributed by atoms with Gasteiger partial charge in [-0.15, -0.1) is 0 Å². The standard InChI is InChI=1S/C12H17NO3S/c13-6-3-7-17(14,15)9-11-8-10-4-1-2-5-12(10)16-11/h1-2,4-5,11H,3,6-9,13H2. The molecule has 0 radical (unpaired) electrons. The number of fused-ring (bicyclic) bond motifs is 1. The lowest BCUT2D eigenvalue weighted by atomic mass is 10.1. The zero-order chi connectivity index (χ0) is 12.3. The van der Waals surface area contributed by atoms with Crippen LogP contribution in [0.25, 0.3) is 0 Å². The summed E-state index contributed by atoms with van der Waals surface area (Å²) in [6.07, 6.45) is 0.954. The fraction of sp³-hybridized carbons (Fsp3) is 0.500. The molecule has 94 valence electrons. The van der Waals surface area contributed by atoms with Gasteiger partial charge in [-0.05, 0) is 24.6 Å². The number of hydrogen-bond acceptors (Lipinski definition) is 4. The summed E-state index contributed by atoms with van der Waals surface area (Å²) < 4.78 is 29.1. The molecule has 0 saturated carbocycles. The molecule has 17 heavy (non-hydrogen) atoms. The molecule has 0 aliphatic carbocycles. The first kappa shape index (κ1) is 12.4. The third-order valence-electron chi connectivity index (χ3n) is 2.81. The van der Waals surface area contributed by atoms with Gasteiger partial charge in [-0.2, -0.15) is 0 Å². The van der Waals surface area contributed by atoms with Crippen LogP contribution in [0.3, 0.4) is 0 Å². The van der Waals surface area contributed by atoms with Gasteiger partial charge in [0.25, 0.3) is 0 Å². The van der Waals surface area contributed by atoms with Crippen LogP contribution in [0.15, 0.2) is 24.3 Å². The largest absolute Gasteiger partial charge is 0.489 e. The molecular formula is C12H17NO3S. The smallest absolute Gasteiger partial charge is 0.154 e. The second kappa shape index (κ2) is 5.06. The van der Waals surface area contributed by atoms with Crippen molar-refractivity contribution in [3.8, 4) is 5.75 Å². The van der Waals surface area contributed by atoms with Crippen LogP contribution in [0.2, 0.25) is 0 Å². The van der Waals surface area contributed by atoms with Gasteiger partial charge in [-0.25, -0.2) is 8.42 Å². The van der Waals surface area contributed by atoms with Gasteiger partial charge >= 0.3 is 0 Å². The molecule has 5 heteroatoms. The molecule has 0 aromatic heterocycles. The Balaban J connectivity index is 1.96. The van der Waals surface area contributed by atoms with E-state index in [1.807, 2.05) is 24.3 Å². The Labute approximate surface area is 102 Å². The highest BCUT2D eigenvalue weighted by atomic mass is 32.2. The van der Waals surface area contributed by atoms with E-state index in [1.165, 1.54) is 0 Å². The molecule has 1 aliphatic heterocycles. The van der Waals surface area contributed by atoms with E-state index in [2.05, 4.69) is 0 Å². The van der Waals surface area contributed by atoms with Gasteiger partial charge in [0, 0.05) is 6.42 Å². The summed E-state index contributed by atoms with van der Waals surface area (Å²) in [5, 5.41) is 0. The highest BCUT2D eigenvalue weighted by Crippen LogP contribution is 2.28. The lowest BCUT2D eigenvalue weighted by Gasteiger charge is -2.10. The van der Waals surface area contributed by atoms with Crippen LogP contribution in [0, 0.1) is 0 Å². The summed E-state index contributed by atoms with van der Waals surface area (Å²) in [6.45, 7) is 0.408. The quantitative estimate of drug-likeness (QED) is 0.843. The van der Waals surface area contributed by atoms with Crippen LogP contribution in [0.4, 0.5) is 0 Å². The SMILES string of the molecule is NCCCS(=O)(=O)CC1Cc2ccccc2O1. The van der Waals surface area contributed by atoms with Crippen molar-refractivity contribution in [1.29, 1.82) is 0 Å². The molecule has 4 nitrogen and oxygen atoms in total. The lowest BCUT2D eigenvalue weighted by molar-refractivity contribution is 0.256. The Morgan fingerprint density at radius 1 is 1.35 bits per heavy atom. The van der Waals surface area contributed by atoms with Gasteiger partial charge < -0.3 is 10.5 Å². The number of nitrogens with two attached hydrogens (primary N) is 1. The maximum absolute atomic E-state index is 11.8. The van der Waals surface area contributed by atoms with Gasteiger partial charge in [-0.1, -0.05) is 18.2 Å². The van der Waals surface area contributed by atoms with E-state index >= 15 is 0 Å². The average molecular weight is 255 g/mol. The second-order valence-corrected chi connectivity index (χ2v) is 6.54. The number of rotatable bonds is 5. The van der Waals surface area contributed by atoms with Crippen molar-refractivity contribution in [2.45, 2.75) is 18.9 Å². The molecule has 1 aliphatic rings. The number of benzene rings is 1. The highest BCUT2D eigenvalue weighted by Gasteiger charge is 2.27. The Hall–Kier alpha value is -1.07. The normalized spacial score (nSPS) is 18.8. The number of para-hydroxylation sites is 1. The number of hydrogen-bond donors (Lipinski definition) is 1. The van der Waals surface area contributed by atoms with E-state index in [4.69, 9.17) is 10.5 Å². The molecule has 1 heterocycles. The van der Waals surface area contributed by atoms with Crippen molar-refractivity contribution in [1.82, 2.24) is 0 Å². The molecule has 1 aromatic rings. The molecule has 0 spiro atoms. The highest BCUT2D eigenvalue weighted by molar-refractivity contribution is 7.91. The monoisotopic (exact) mass is 255 g/mol. The van der Waals surface area contributed by atoms with Gasteiger partial charge in [0.1, 0.15) is 11.9 Å². The molecule has 1 unspecified atom stereocenters. The second-order valence-electron chi connectivity index (χ2n) is 4.31. The van der Waals surface area contributed by atoms with Crippen molar-refractivity contribution in [2.75, 3.05) is 18.1 Å². The Kier molecular flexibility index (Phi) is 3.69. The zero-order valence-corrected chi connectivity index (χ0v) is 10.4. The third kappa shape index (κ3) is 3.20. The van der Waals surface area contributed by atoms with Crippen LogP contribution in [-0.4, -0.2) is 32.6 Å². The average Bonchev–Trinajstić information content (AvgIpc) is 2.67. The predicted molar refractivity (Wildman–Crippen MR) is 66.9 cm³/mol. The van der Waals surface area contributed by atoms with Crippen molar-refractivity contribution in [3.05, 3.63) is 29.8 Å². The summed E-state index contributed by atoms with van der Waals surface area (Å²) in [5.74, 6) is 1.05. The number of sulfone groups is 1. The van der Waals surface area contributed by atoms with E-state index in [-0.39, 0.29) is 17.6 Å². The van der Waals surface area contributed by atoms with Crippen LogP contribution < -0.4 is 10.5 Å². The summed E-state index contributed by atoms with van der Waals surface area (Å²) in [6, 6.07) is 7.68. The van der Waals surface area contributed by atoms with Crippen LogP contribution >= 0.6 is 0 Å². The third-order valence-corrected chi connectivity index (χ3v) is 4.60. The molecule has 0 amide bonds. The minimum Gasteiger partial charge on any atom is -0.489 e. The lowest BCUT2D eigenvalue weighted by Crippen LogP contribution is -2.27. The van der Waals surface area contributed by atoms with E-state index < -0.39 is 9.84 Å².